The predicted octanol–water partition coefficient (Wildman–Crippen LogP) is 2.82. The molecule has 3 N–H and O–H groups in total. The van der Waals surface area contributed by atoms with Gasteiger partial charge in [-0.05, 0) is 42.5 Å². The van der Waals surface area contributed by atoms with E-state index in [-0.39, 0.29) is 23.9 Å². The molecule has 9 heteroatoms. The normalized spacial score (nSPS) is 10.9. The van der Waals surface area contributed by atoms with Crippen LogP contribution in [-0.4, -0.2) is 30.8 Å². The van der Waals surface area contributed by atoms with Crippen LogP contribution in [0.5, 0.6) is 0 Å². The molecular weight excluding hydrogens is 375 g/mol. The number of benzene rings is 2. The fourth-order valence-corrected chi connectivity index (χ4v) is 2.26. The van der Waals surface area contributed by atoms with E-state index in [0.29, 0.717) is 17.8 Å². The molecular formula is C19H18F3N3O3. The second-order valence-electron chi connectivity index (χ2n) is 5.85. The van der Waals surface area contributed by atoms with Crippen LogP contribution in [-0.2, 0) is 11.0 Å². The highest BCUT2D eigenvalue weighted by Gasteiger charge is 2.30. The second kappa shape index (κ2) is 9.03. The van der Waals surface area contributed by atoms with Crippen molar-refractivity contribution >= 4 is 23.4 Å². The monoisotopic (exact) mass is 393 g/mol. The SMILES string of the molecule is CC(=O)NCCNC(=O)c1ccc(NC(=O)c2cccc(C(F)(F)F)c2)cc1. The Morgan fingerprint density at radius 1 is 0.857 bits per heavy atom. The van der Waals surface area contributed by atoms with Crippen LogP contribution in [0.1, 0.15) is 33.2 Å². The van der Waals surface area contributed by atoms with Gasteiger partial charge in [-0.2, -0.15) is 13.2 Å². The fraction of sp³-hybridized carbons (Fsp3) is 0.211. The number of anilines is 1. The number of halogens is 3. The molecule has 2 aromatic rings. The molecule has 0 radical (unpaired) electrons. The van der Waals surface area contributed by atoms with Crippen LogP contribution in [0.2, 0.25) is 0 Å². The first-order chi connectivity index (χ1) is 13.2. The Balaban J connectivity index is 1.96. The Kier molecular flexibility index (Phi) is 6.75. The van der Waals surface area contributed by atoms with E-state index in [0.717, 1.165) is 18.2 Å². The fourth-order valence-electron chi connectivity index (χ4n) is 2.26. The smallest absolute Gasteiger partial charge is 0.355 e. The second-order valence-corrected chi connectivity index (χ2v) is 5.85. The Morgan fingerprint density at radius 3 is 2.11 bits per heavy atom. The summed E-state index contributed by atoms with van der Waals surface area (Å²) < 4.78 is 38.2. The maximum atomic E-state index is 12.7. The molecule has 28 heavy (non-hydrogen) atoms. The highest BCUT2D eigenvalue weighted by atomic mass is 19.4. The van der Waals surface area contributed by atoms with Gasteiger partial charge in [0, 0.05) is 36.8 Å². The zero-order chi connectivity index (χ0) is 20.7. The van der Waals surface area contributed by atoms with E-state index >= 15 is 0 Å². The highest BCUT2D eigenvalue weighted by Crippen LogP contribution is 2.29. The predicted molar refractivity (Wildman–Crippen MR) is 96.9 cm³/mol. The van der Waals surface area contributed by atoms with Crippen molar-refractivity contribution in [2.24, 2.45) is 0 Å². The maximum absolute atomic E-state index is 12.7. The molecule has 0 bridgehead atoms. The van der Waals surface area contributed by atoms with Gasteiger partial charge < -0.3 is 16.0 Å². The molecule has 0 atom stereocenters. The summed E-state index contributed by atoms with van der Waals surface area (Å²) in [6.45, 7) is 1.92. The zero-order valence-electron chi connectivity index (χ0n) is 14.9. The Labute approximate surface area is 159 Å². The van der Waals surface area contributed by atoms with E-state index in [1.54, 1.807) is 0 Å². The van der Waals surface area contributed by atoms with Crippen molar-refractivity contribution in [1.82, 2.24) is 10.6 Å². The van der Waals surface area contributed by atoms with Gasteiger partial charge in [-0.3, -0.25) is 14.4 Å². The summed E-state index contributed by atoms with van der Waals surface area (Å²) in [5.41, 5.74) is -0.377. The molecule has 148 valence electrons. The number of hydrogen-bond donors (Lipinski definition) is 3. The summed E-state index contributed by atoms with van der Waals surface area (Å²) in [5, 5.41) is 7.64. The lowest BCUT2D eigenvalue weighted by molar-refractivity contribution is -0.137. The van der Waals surface area contributed by atoms with E-state index in [4.69, 9.17) is 0 Å². The van der Waals surface area contributed by atoms with Crippen molar-refractivity contribution < 1.29 is 27.6 Å². The van der Waals surface area contributed by atoms with Crippen molar-refractivity contribution in [3.05, 3.63) is 65.2 Å². The standard InChI is InChI=1S/C19H18F3N3O3/c1-12(26)23-9-10-24-17(27)13-5-7-16(8-6-13)25-18(28)14-3-2-4-15(11-14)19(20,21)22/h2-8,11H,9-10H2,1H3,(H,23,26)(H,24,27)(H,25,28). The molecule has 0 fully saturated rings. The minimum absolute atomic E-state index is 0.130. The summed E-state index contributed by atoms with van der Waals surface area (Å²) in [4.78, 5) is 34.8. The van der Waals surface area contributed by atoms with Gasteiger partial charge in [0.05, 0.1) is 5.56 Å². The Bertz CT molecular complexity index is 865. The molecule has 0 saturated heterocycles. The van der Waals surface area contributed by atoms with E-state index in [1.807, 2.05) is 0 Å². The average molecular weight is 393 g/mol. The number of carbonyl (C=O) groups excluding carboxylic acids is 3. The van der Waals surface area contributed by atoms with E-state index in [1.165, 1.54) is 37.3 Å². The Morgan fingerprint density at radius 2 is 1.50 bits per heavy atom. The van der Waals surface area contributed by atoms with Gasteiger partial charge in [0.25, 0.3) is 11.8 Å². The molecule has 3 amide bonds. The Hall–Kier alpha value is -3.36. The average Bonchev–Trinajstić information content (AvgIpc) is 2.65. The van der Waals surface area contributed by atoms with Crippen LogP contribution in [0.3, 0.4) is 0 Å². The summed E-state index contributed by atoms with van der Waals surface area (Å²) in [6, 6.07) is 9.96. The molecule has 0 unspecified atom stereocenters. The topological polar surface area (TPSA) is 87.3 Å². The summed E-state index contributed by atoms with van der Waals surface area (Å²) >= 11 is 0. The molecule has 0 spiro atoms. The highest BCUT2D eigenvalue weighted by molar-refractivity contribution is 6.04. The summed E-state index contributed by atoms with van der Waals surface area (Å²) in [7, 11) is 0. The number of hydrogen-bond acceptors (Lipinski definition) is 3. The maximum Gasteiger partial charge on any atom is 0.416 e. The van der Waals surface area contributed by atoms with Crippen molar-refractivity contribution in [2.75, 3.05) is 18.4 Å². The third-order valence-electron chi connectivity index (χ3n) is 3.64. The number of amides is 3. The third-order valence-corrected chi connectivity index (χ3v) is 3.64. The van der Waals surface area contributed by atoms with E-state index in [9.17, 15) is 27.6 Å². The van der Waals surface area contributed by atoms with Gasteiger partial charge in [-0.15, -0.1) is 0 Å². The minimum Gasteiger partial charge on any atom is -0.355 e. The summed E-state index contributed by atoms with van der Waals surface area (Å²) in [6.07, 6.45) is -4.54. The van der Waals surface area contributed by atoms with Gasteiger partial charge >= 0.3 is 6.18 Å². The number of carbonyl (C=O) groups is 3. The van der Waals surface area contributed by atoms with Gasteiger partial charge in [-0.1, -0.05) is 6.07 Å². The van der Waals surface area contributed by atoms with Gasteiger partial charge in [0.15, 0.2) is 0 Å². The molecule has 0 saturated carbocycles. The first-order valence-corrected chi connectivity index (χ1v) is 8.28. The number of rotatable bonds is 6. The molecule has 0 aliphatic rings. The third kappa shape index (κ3) is 6.11. The van der Waals surface area contributed by atoms with Crippen molar-refractivity contribution in [1.29, 1.82) is 0 Å². The van der Waals surface area contributed by atoms with Crippen LogP contribution >= 0.6 is 0 Å². The largest absolute Gasteiger partial charge is 0.416 e. The molecule has 0 aromatic heterocycles. The molecule has 6 nitrogen and oxygen atoms in total. The van der Waals surface area contributed by atoms with Crippen LogP contribution in [0, 0.1) is 0 Å². The number of alkyl halides is 3. The van der Waals surface area contributed by atoms with Crippen LogP contribution in [0.25, 0.3) is 0 Å². The lowest BCUT2D eigenvalue weighted by Gasteiger charge is -2.10. The van der Waals surface area contributed by atoms with Crippen LogP contribution < -0.4 is 16.0 Å². The van der Waals surface area contributed by atoms with Crippen LogP contribution in [0.4, 0.5) is 18.9 Å². The number of nitrogens with one attached hydrogen (secondary N) is 3. The van der Waals surface area contributed by atoms with Crippen molar-refractivity contribution in [2.45, 2.75) is 13.1 Å². The van der Waals surface area contributed by atoms with Gasteiger partial charge in [0.1, 0.15) is 0 Å². The summed E-state index contributed by atoms with van der Waals surface area (Å²) in [5.74, 6) is -1.25. The van der Waals surface area contributed by atoms with Gasteiger partial charge in [0.2, 0.25) is 5.91 Å². The lowest BCUT2D eigenvalue weighted by Crippen LogP contribution is -2.33. The minimum atomic E-state index is -4.54. The van der Waals surface area contributed by atoms with Crippen LogP contribution in [0.15, 0.2) is 48.5 Å². The quantitative estimate of drug-likeness (QED) is 0.660. The first-order valence-electron chi connectivity index (χ1n) is 8.28. The zero-order valence-corrected chi connectivity index (χ0v) is 14.9. The molecule has 2 rings (SSSR count). The molecule has 0 aliphatic carbocycles. The van der Waals surface area contributed by atoms with Crippen molar-refractivity contribution in [3.8, 4) is 0 Å². The molecule has 0 aliphatic heterocycles. The van der Waals surface area contributed by atoms with Crippen molar-refractivity contribution in [3.63, 3.8) is 0 Å². The van der Waals surface area contributed by atoms with Gasteiger partial charge in [-0.25, -0.2) is 0 Å². The first kappa shape index (κ1) is 20.9. The molecule has 0 heterocycles. The van der Waals surface area contributed by atoms with E-state index in [2.05, 4.69) is 16.0 Å². The molecule has 2 aromatic carbocycles. The van der Waals surface area contributed by atoms with E-state index < -0.39 is 17.6 Å². The lowest BCUT2D eigenvalue weighted by atomic mass is 10.1.